The first kappa shape index (κ1) is 15.7. The van der Waals surface area contributed by atoms with E-state index >= 15 is 0 Å². The van der Waals surface area contributed by atoms with Gasteiger partial charge in [-0.25, -0.2) is 4.79 Å². The van der Waals surface area contributed by atoms with Crippen LogP contribution in [-0.2, 0) is 16.0 Å². The zero-order valence-electron chi connectivity index (χ0n) is 11.3. The molecule has 0 saturated carbocycles. The maximum Gasteiger partial charge on any atom is 0.325 e. The lowest BCUT2D eigenvalue weighted by Crippen LogP contribution is -2.39. The number of aromatic nitrogens is 2. The predicted octanol–water partition coefficient (Wildman–Crippen LogP) is -0.825. The Bertz CT molecular complexity index is 573. The van der Waals surface area contributed by atoms with Crippen LogP contribution in [0.4, 0.5) is 0 Å². The van der Waals surface area contributed by atoms with Crippen molar-refractivity contribution >= 4 is 11.9 Å². The number of carboxylic acid groups (broad SMARTS) is 1. The largest absolute Gasteiger partial charge is 0.480 e. The molecule has 20 heavy (non-hydrogen) atoms. The Labute approximate surface area is 114 Å². The highest BCUT2D eigenvalue weighted by Crippen LogP contribution is 2.02. The zero-order chi connectivity index (χ0) is 15.3. The topological polar surface area (TPSA) is 123 Å². The number of hydrogen-bond donors (Lipinski definition) is 3. The number of aromatic amines is 2. The molecule has 0 radical (unpaired) electrons. The van der Waals surface area contributed by atoms with Crippen LogP contribution in [0.1, 0.15) is 19.5 Å². The smallest absolute Gasteiger partial charge is 0.325 e. The first-order valence-electron chi connectivity index (χ1n) is 6.10. The molecule has 3 N–H and O–H groups in total. The van der Waals surface area contributed by atoms with Crippen LogP contribution < -0.4 is 11.2 Å². The standard InChI is InChI=1S/C12H17N3O5/c1-7(2)5-15(6-11(18)19)10(17)4-8-3-9(16)14-12(20)13-8/h3,7H,4-6H2,1-2H3,(H,18,19)(H2,13,14,16,20). The molecule has 1 heterocycles. The molecule has 0 atom stereocenters. The lowest BCUT2D eigenvalue weighted by molar-refractivity contribution is -0.144. The van der Waals surface area contributed by atoms with Crippen LogP contribution in [0.2, 0.25) is 0 Å². The second-order valence-electron chi connectivity index (χ2n) is 4.85. The maximum atomic E-state index is 12.0. The molecule has 8 nitrogen and oxygen atoms in total. The van der Waals surface area contributed by atoms with Crippen molar-refractivity contribution in [2.45, 2.75) is 20.3 Å². The molecule has 0 fully saturated rings. The highest BCUT2D eigenvalue weighted by atomic mass is 16.4. The number of aliphatic carboxylic acids is 1. The van der Waals surface area contributed by atoms with Crippen LogP contribution in [-0.4, -0.2) is 44.9 Å². The maximum absolute atomic E-state index is 12.0. The third kappa shape index (κ3) is 5.09. The number of H-pyrrole nitrogens is 2. The number of nitrogens with one attached hydrogen (secondary N) is 2. The van der Waals surface area contributed by atoms with Crippen molar-refractivity contribution in [2.24, 2.45) is 5.92 Å². The molecule has 1 amide bonds. The molecule has 0 saturated heterocycles. The third-order valence-electron chi connectivity index (χ3n) is 2.42. The highest BCUT2D eigenvalue weighted by molar-refractivity contribution is 5.82. The first-order chi connectivity index (χ1) is 9.27. The molecular weight excluding hydrogens is 266 g/mol. The minimum atomic E-state index is -1.11. The minimum absolute atomic E-state index is 0.108. The van der Waals surface area contributed by atoms with Gasteiger partial charge < -0.3 is 15.0 Å². The molecule has 0 unspecified atom stereocenters. The minimum Gasteiger partial charge on any atom is -0.480 e. The molecule has 0 aliphatic carbocycles. The molecule has 1 aromatic heterocycles. The van der Waals surface area contributed by atoms with E-state index in [1.54, 1.807) is 0 Å². The molecule has 1 rings (SSSR count). The molecule has 0 aliphatic heterocycles. The average molecular weight is 283 g/mol. The van der Waals surface area contributed by atoms with Crippen LogP contribution in [0.25, 0.3) is 0 Å². The van der Waals surface area contributed by atoms with E-state index in [4.69, 9.17) is 5.11 Å². The predicted molar refractivity (Wildman–Crippen MR) is 70.4 cm³/mol. The fraction of sp³-hybridized carbons (Fsp3) is 0.500. The fourth-order valence-electron chi connectivity index (χ4n) is 1.75. The summed E-state index contributed by atoms with van der Waals surface area (Å²) in [6.07, 6.45) is -0.223. The summed E-state index contributed by atoms with van der Waals surface area (Å²) >= 11 is 0. The van der Waals surface area contributed by atoms with E-state index in [0.717, 1.165) is 6.07 Å². The van der Waals surface area contributed by atoms with Crippen molar-refractivity contribution in [1.82, 2.24) is 14.9 Å². The van der Waals surface area contributed by atoms with Gasteiger partial charge in [0.05, 0.1) is 6.42 Å². The van der Waals surface area contributed by atoms with E-state index in [2.05, 4.69) is 4.98 Å². The van der Waals surface area contributed by atoms with Gasteiger partial charge in [0.15, 0.2) is 0 Å². The number of carboxylic acids is 1. The Morgan fingerprint density at radius 3 is 2.45 bits per heavy atom. The number of hydrogen-bond acceptors (Lipinski definition) is 4. The second-order valence-corrected chi connectivity index (χ2v) is 4.85. The van der Waals surface area contributed by atoms with Gasteiger partial charge in [-0.3, -0.25) is 19.4 Å². The van der Waals surface area contributed by atoms with Gasteiger partial charge in [-0.2, -0.15) is 0 Å². The van der Waals surface area contributed by atoms with Gasteiger partial charge in [-0.05, 0) is 5.92 Å². The second kappa shape index (κ2) is 6.69. The van der Waals surface area contributed by atoms with Crippen LogP contribution in [0.3, 0.4) is 0 Å². The van der Waals surface area contributed by atoms with Crippen molar-refractivity contribution in [2.75, 3.05) is 13.1 Å². The van der Waals surface area contributed by atoms with Crippen LogP contribution in [0, 0.1) is 5.92 Å². The van der Waals surface area contributed by atoms with Gasteiger partial charge >= 0.3 is 11.7 Å². The van der Waals surface area contributed by atoms with Crippen molar-refractivity contribution in [3.63, 3.8) is 0 Å². The van der Waals surface area contributed by atoms with Gasteiger partial charge in [-0.1, -0.05) is 13.8 Å². The summed E-state index contributed by atoms with van der Waals surface area (Å²) in [7, 11) is 0. The normalized spacial score (nSPS) is 10.6. The van der Waals surface area contributed by atoms with Gasteiger partial charge in [0.2, 0.25) is 5.91 Å². The average Bonchev–Trinajstić information content (AvgIpc) is 2.24. The van der Waals surface area contributed by atoms with Gasteiger partial charge in [-0.15, -0.1) is 0 Å². The zero-order valence-corrected chi connectivity index (χ0v) is 11.3. The highest BCUT2D eigenvalue weighted by Gasteiger charge is 2.18. The number of nitrogens with zero attached hydrogens (tertiary/aromatic N) is 1. The third-order valence-corrected chi connectivity index (χ3v) is 2.42. The van der Waals surface area contributed by atoms with Crippen molar-refractivity contribution in [1.29, 1.82) is 0 Å². The molecule has 0 bridgehead atoms. The summed E-state index contributed by atoms with van der Waals surface area (Å²) in [6.45, 7) is 3.59. The molecule has 0 aromatic carbocycles. The summed E-state index contributed by atoms with van der Waals surface area (Å²) in [5, 5.41) is 8.79. The summed E-state index contributed by atoms with van der Waals surface area (Å²) < 4.78 is 0. The van der Waals surface area contributed by atoms with E-state index in [-0.39, 0.29) is 18.0 Å². The van der Waals surface area contributed by atoms with Crippen LogP contribution >= 0.6 is 0 Å². The lowest BCUT2D eigenvalue weighted by atomic mass is 10.2. The molecular formula is C12H17N3O5. The first-order valence-corrected chi connectivity index (χ1v) is 6.10. The Morgan fingerprint density at radius 2 is 1.95 bits per heavy atom. The quantitative estimate of drug-likeness (QED) is 0.629. The Balaban J connectivity index is 2.86. The van der Waals surface area contributed by atoms with Crippen molar-refractivity contribution in [3.8, 4) is 0 Å². The summed E-state index contributed by atoms with van der Waals surface area (Å²) in [4.78, 5) is 50.5. The van der Waals surface area contributed by atoms with Crippen molar-refractivity contribution < 1.29 is 14.7 Å². The van der Waals surface area contributed by atoms with Gasteiger partial charge in [0, 0.05) is 18.3 Å². The summed E-state index contributed by atoms with van der Waals surface area (Å²) in [5.74, 6) is -1.46. The van der Waals surface area contributed by atoms with Crippen molar-refractivity contribution in [3.05, 3.63) is 32.6 Å². The Kier molecular flexibility index (Phi) is 5.24. The summed E-state index contributed by atoms with van der Waals surface area (Å²) in [6, 6.07) is 1.10. The molecule has 1 aromatic rings. The SMILES string of the molecule is CC(C)CN(CC(=O)O)C(=O)Cc1cc(=O)[nH]c(=O)[nH]1. The van der Waals surface area contributed by atoms with E-state index in [1.807, 2.05) is 18.8 Å². The van der Waals surface area contributed by atoms with E-state index in [9.17, 15) is 19.2 Å². The molecule has 110 valence electrons. The van der Waals surface area contributed by atoms with Crippen LogP contribution in [0.15, 0.2) is 15.7 Å². The van der Waals surface area contributed by atoms with E-state index in [1.165, 1.54) is 4.90 Å². The van der Waals surface area contributed by atoms with Crippen LogP contribution in [0.5, 0.6) is 0 Å². The Hall–Kier alpha value is -2.38. The van der Waals surface area contributed by atoms with Gasteiger partial charge in [0.1, 0.15) is 6.54 Å². The fourth-order valence-corrected chi connectivity index (χ4v) is 1.75. The number of carbonyl (C=O) groups excluding carboxylic acids is 1. The van der Waals surface area contributed by atoms with E-state index in [0.29, 0.717) is 6.54 Å². The Morgan fingerprint density at radius 1 is 1.30 bits per heavy atom. The number of amides is 1. The van der Waals surface area contributed by atoms with E-state index < -0.39 is 29.7 Å². The monoisotopic (exact) mass is 283 g/mol. The summed E-state index contributed by atoms with van der Waals surface area (Å²) in [5.41, 5.74) is -1.15. The number of rotatable bonds is 6. The molecule has 8 heteroatoms. The lowest BCUT2D eigenvalue weighted by Gasteiger charge is -2.22. The molecule has 0 aliphatic rings. The molecule has 0 spiro atoms. The van der Waals surface area contributed by atoms with Gasteiger partial charge in [0.25, 0.3) is 5.56 Å². The number of carbonyl (C=O) groups is 2.